The number of hydrogen-bond donors (Lipinski definition) is 2. The highest BCUT2D eigenvalue weighted by Gasteiger charge is 2.12. The highest BCUT2D eigenvalue weighted by Crippen LogP contribution is 2.23. The number of carbonyl (C=O) groups is 1. The molecule has 2 aromatic carbocycles. The van der Waals surface area contributed by atoms with Gasteiger partial charge in [-0.15, -0.1) is 0 Å². The van der Waals surface area contributed by atoms with Crippen LogP contribution in [-0.2, 0) is 6.54 Å². The minimum atomic E-state index is -0.164. The third-order valence-electron chi connectivity index (χ3n) is 3.01. The molecule has 0 unspecified atom stereocenters. The third kappa shape index (κ3) is 4.30. The van der Waals surface area contributed by atoms with E-state index in [9.17, 15) is 4.79 Å². The first-order valence-corrected chi connectivity index (χ1v) is 7.84. The molecule has 21 heavy (non-hydrogen) atoms. The summed E-state index contributed by atoms with van der Waals surface area (Å²) in [5.41, 5.74) is 2.42. The van der Waals surface area contributed by atoms with E-state index in [0.29, 0.717) is 15.1 Å². The number of para-hydroxylation sites is 1. The van der Waals surface area contributed by atoms with E-state index in [0.717, 1.165) is 24.3 Å². The molecule has 0 saturated heterocycles. The van der Waals surface area contributed by atoms with Gasteiger partial charge in [0, 0.05) is 21.7 Å². The lowest BCUT2D eigenvalue weighted by Gasteiger charge is -2.12. The van der Waals surface area contributed by atoms with Crippen LogP contribution in [0, 0.1) is 0 Å². The monoisotopic (exact) mass is 366 g/mol. The number of carbonyl (C=O) groups excluding carboxylic acids is 1. The van der Waals surface area contributed by atoms with Crippen LogP contribution < -0.4 is 10.6 Å². The first-order valence-electron chi connectivity index (χ1n) is 6.67. The Labute approximate surface area is 137 Å². The predicted molar refractivity (Wildman–Crippen MR) is 90.9 cm³/mol. The second kappa shape index (κ2) is 7.59. The fourth-order valence-corrected chi connectivity index (χ4v) is 2.78. The molecule has 2 rings (SSSR count). The molecular formula is C16H16BrClN2O. The van der Waals surface area contributed by atoms with Gasteiger partial charge in [0.15, 0.2) is 0 Å². The van der Waals surface area contributed by atoms with Gasteiger partial charge in [0.05, 0.1) is 5.56 Å². The van der Waals surface area contributed by atoms with Crippen LogP contribution >= 0.6 is 27.5 Å². The zero-order valence-electron chi connectivity index (χ0n) is 11.6. The minimum absolute atomic E-state index is 0.164. The number of nitrogens with one attached hydrogen (secondary N) is 2. The topological polar surface area (TPSA) is 41.1 Å². The molecule has 2 N–H and O–H groups in total. The zero-order chi connectivity index (χ0) is 15.2. The molecule has 3 nitrogen and oxygen atoms in total. The SMILES string of the molecule is CCNCc1ccccc1NC(=O)c1ccc(Cl)cc1Br. The molecule has 0 spiro atoms. The standard InChI is InChI=1S/C16H16BrClN2O/c1-2-19-10-11-5-3-4-6-15(11)20-16(21)13-8-7-12(18)9-14(13)17/h3-9,19H,2,10H2,1H3,(H,20,21). The van der Waals surface area contributed by atoms with E-state index >= 15 is 0 Å². The number of amides is 1. The third-order valence-corrected chi connectivity index (χ3v) is 3.90. The van der Waals surface area contributed by atoms with Gasteiger partial charge in [0.25, 0.3) is 5.91 Å². The van der Waals surface area contributed by atoms with Crippen molar-refractivity contribution in [2.45, 2.75) is 13.5 Å². The molecule has 0 aromatic heterocycles. The fourth-order valence-electron chi connectivity index (χ4n) is 1.92. The highest BCUT2D eigenvalue weighted by molar-refractivity contribution is 9.10. The highest BCUT2D eigenvalue weighted by atomic mass is 79.9. The van der Waals surface area contributed by atoms with Crippen molar-refractivity contribution in [2.24, 2.45) is 0 Å². The Hall–Kier alpha value is -1.36. The summed E-state index contributed by atoms with van der Waals surface area (Å²) in [6.07, 6.45) is 0. The average Bonchev–Trinajstić information content (AvgIpc) is 2.46. The maximum Gasteiger partial charge on any atom is 0.256 e. The van der Waals surface area contributed by atoms with E-state index in [1.807, 2.05) is 31.2 Å². The van der Waals surface area contributed by atoms with Gasteiger partial charge >= 0.3 is 0 Å². The van der Waals surface area contributed by atoms with Crippen LogP contribution in [-0.4, -0.2) is 12.5 Å². The normalized spacial score (nSPS) is 10.4. The summed E-state index contributed by atoms with van der Waals surface area (Å²) >= 11 is 9.26. The number of rotatable bonds is 5. The molecule has 0 aliphatic rings. The summed E-state index contributed by atoms with van der Waals surface area (Å²) in [6, 6.07) is 12.9. The Morgan fingerprint density at radius 3 is 2.71 bits per heavy atom. The van der Waals surface area contributed by atoms with Crippen molar-refractivity contribution in [2.75, 3.05) is 11.9 Å². The second-order valence-corrected chi connectivity index (χ2v) is 5.81. The van der Waals surface area contributed by atoms with E-state index in [-0.39, 0.29) is 5.91 Å². The van der Waals surface area contributed by atoms with Crippen LogP contribution in [0.5, 0.6) is 0 Å². The predicted octanol–water partition coefficient (Wildman–Crippen LogP) is 4.46. The largest absolute Gasteiger partial charge is 0.322 e. The summed E-state index contributed by atoms with van der Waals surface area (Å²) in [4.78, 5) is 12.4. The van der Waals surface area contributed by atoms with Gasteiger partial charge < -0.3 is 10.6 Å². The Morgan fingerprint density at radius 2 is 2.00 bits per heavy atom. The van der Waals surface area contributed by atoms with Crippen LogP contribution in [0.4, 0.5) is 5.69 Å². The smallest absolute Gasteiger partial charge is 0.256 e. The lowest BCUT2D eigenvalue weighted by Crippen LogP contribution is -2.17. The van der Waals surface area contributed by atoms with Gasteiger partial charge in [-0.05, 0) is 52.3 Å². The van der Waals surface area contributed by atoms with Crippen LogP contribution in [0.3, 0.4) is 0 Å². The molecule has 0 heterocycles. The molecule has 0 saturated carbocycles. The van der Waals surface area contributed by atoms with E-state index < -0.39 is 0 Å². The number of hydrogen-bond acceptors (Lipinski definition) is 2. The second-order valence-electron chi connectivity index (χ2n) is 4.52. The molecule has 2 aromatic rings. The van der Waals surface area contributed by atoms with Crippen molar-refractivity contribution >= 4 is 39.1 Å². The van der Waals surface area contributed by atoms with Crippen molar-refractivity contribution in [3.05, 3.63) is 63.1 Å². The van der Waals surface area contributed by atoms with Crippen molar-refractivity contribution in [1.29, 1.82) is 0 Å². The summed E-state index contributed by atoms with van der Waals surface area (Å²) in [5.74, 6) is -0.164. The van der Waals surface area contributed by atoms with E-state index in [1.165, 1.54) is 0 Å². The Morgan fingerprint density at radius 1 is 1.24 bits per heavy atom. The summed E-state index contributed by atoms with van der Waals surface area (Å²) in [7, 11) is 0. The molecule has 0 radical (unpaired) electrons. The fraction of sp³-hybridized carbons (Fsp3) is 0.188. The summed E-state index contributed by atoms with van der Waals surface area (Å²) < 4.78 is 0.677. The zero-order valence-corrected chi connectivity index (χ0v) is 14.0. The lowest BCUT2D eigenvalue weighted by molar-refractivity contribution is 0.102. The van der Waals surface area contributed by atoms with Gasteiger partial charge in [0.2, 0.25) is 0 Å². The summed E-state index contributed by atoms with van der Waals surface area (Å²) in [6.45, 7) is 3.64. The maximum atomic E-state index is 12.4. The molecule has 0 bridgehead atoms. The number of halogens is 2. The minimum Gasteiger partial charge on any atom is -0.322 e. The average molecular weight is 368 g/mol. The van der Waals surface area contributed by atoms with Crippen molar-refractivity contribution in [3.8, 4) is 0 Å². The lowest BCUT2D eigenvalue weighted by atomic mass is 10.1. The van der Waals surface area contributed by atoms with E-state index in [4.69, 9.17) is 11.6 Å². The molecule has 0 aliphatic heterocycles. The Balaban J connectivity index is 2.19. The van der Waals surface area contributed by atoms with E-state index in [2.05, 4.69) is 26.6 Å². The molecular weight excluding hydrogens is 352 g/mol. The number of anilines is 1. The first-order chi connectivity index (χ1) is 10.1. The quantitative estimate of drug-likeness (QED) is 0.819. The molecule has 0 atom stereocenters. The summed E-state index contributed by atoms with van der Waals surface area (Å²) in [5, 5.41) is 6.79. The van der Waals surface area contributed by atoms with Crippen molar-refractivity contribution in [3.63, 3.8) is 0 Å². The van der Waals surface area contributed by atoms with Gasteiger partial charge in [-0.2, -0.15) is 0 Å². The molecule has 110 valence electrons. The molecule has 1 amide bonds. The molecule has 0 aliphatic carbocycles. The van der Waals surface area contributed by atoms with Crippen molar-refractivity contribution < 1.29 is 4.79 Å². The van der Waals surface area contributed by atoms with Gasteiger partial charge in [-0.25, -0.2) is 0 Å². The van der Waals surface area contributed by atoms with E-state index in [1.54, 1.807) is 18.2 Å². The Bertz CT molecular complexity index is 646. The van der Waals surface area contributed by atoms with Gasteiger partial charge in [-0.1, -0.05) is 36.7 Å². The van der Waals surface area contributed by atoms with Crippen molar-refractivity contribution in [1.82, 2.24) is 5.32 Å². The van der Waals surface area contributed by atoms with Crippen LogP contribution in [0.15, 0.2) is 46.9 Å². The maximum absolute atomic E-state index is 12.4. The van der Waals surface area contributed by atoms with Gasteiger partial charge in [-0.3, -0.25) is 4.79 Å². The van der Waals surface area contributed by atoms with Gasteiger partial charge in [0.1, 0.15) is 0 Å². The molecule has 5 heteroatoms. The van der Waals surface area contributed by atoms with Crippen LogP contribution in [0.2, 0.25) is 5.02 Å². The van der Waals surface area contributed by atoms with Crippen LogP contribution in [0.1, 0.15) is 22.8 Å². The Kier molecular flexibility index (Phi) is 5.79. The molecule has 0 fully saturated rings. The van der Waals surface area contributed by atoms with Crippen LogP contribution in [0.25, 0.3) is 0 Å². The first kappa shape index (κ1) is 16.0. The number of benzene rings is 2.